The van der Waals surface area contributed by atoms with Gasteiger partial charge in [0.1, 0.15) is 5.82 Å². The minimum Gasteiger partial charge on any atom is -0.391 e. The van der Waals surface area contributed by atoms with Crippen molar-refractivity contribution in [1.82, 2.24) is 14.9 Å². The van der Waals surface area contributed by atoms with E-state index in [1.807, 2.05) is 24.3 Å². The summed E-state index contributed by atoms with van der Waals surface area (Å²) >= 11 is 0. The first-order chi connectivity index (χ1) is 11.9. The van der Waals surface area contributed by atoms with Gasteiger partial charge < -0.3 is 15.0 Å². The van der Waals surface area contributed by atoms with Gasteiger partial charge in [-0.3, -0.25) is 0 Å². The minimum absolute atomic E-state index is 0.00878. The maximum Gasteiger partial charge on any atom is 0.112 e. The lowest BCUT2D eigenvalue weighted by atomic mass is 10.1. The molecule has 132 valence electrons. The van der Waals surface area contributed by atoms with Crippen molar-refractivity contribution in [2.75, 3.05) is 6.54 Å². The Morgan fingerprint density at radius 3 is 2.44 bits per heavy atom. The van der Waals surface area contributed by atoms with Crippen LogP contribution in [-0.4, -0.2) is 32.8 Å². The maximum absolute atomic E-state index is 10.5. The van der Waals surface area contributed by atoms with Gasteiger partial charge in [-0.25, -0.2) is 4.98 Å². The van der Waals surface area contributed by atoms with Crippen molar-refractivity contribution in [3.8, 4) is 0 Å². The number of hydrogen-bond acceptors (Lipinski definition) is 3. The van der Waals surface area contributed by atoms with Crippen molar-refractivity contribution in [2.45, 2.75) is 45.4 Å². The molecule has 0 radical (unpaired) electrons. The van der Waals surface area contributed by atoms with Crippen molar-refractivity contribution in [3.63, 3.8) is 0 Å². The van der Waals surface area contributed by atoms with E-state index in [9.17, 15) is 5.11 Å². The minimum atomic E-state index is -0.467. The van der Waals surface area contributed by atoms with Crippen LogP contribution in [0.3, 0.4) is 0 Å². The summed E-state index contributed by atoms with van der Waals surface area (Å²) in [7, 11) is 0. The summed E-state index contributed by atoms with van der Waals surface area (Å²) in [5.74, 6) is 0.924. The lowest BCUT2D eigenvalue weighted by molar-refractivity contribution is 0.158. The van der Waals surface area contributed by atoms with E-state index < -0.39 is 6.10 Å². The third-order valence-electron chi connectivity index (χ3n) is 4.20. The molecule has 3 rings (SSSR count). The molecule has 0 bridgehead atoms. The number of rotatable bonds is 6. The van der Waals surface area contributed by atoms with Crippen LogP contribution in [0.4, 0.5) is 0 Å². The molecule has 0 saturated heterocycles. The first-order valence-electron chi connectivity index (χ1n) is 8.83. The highest BCUT2D eigenvalue weighted by atomic mass is 16.3. The standard InChI is InChI=1S/C21H27N3O/c1-21(2,3)22-14-17(25)13-20-23-18-11-7-8-12-19(18)24(20)15-16-9-5-4-6-10-16/h4-12,17,22,25H,13-15H2,1-3H3. The zero-order valence-corrected chi connectivity index (χ0v) is 15.2. The Morgan fingerprint density at radius 2 is 1.72 bits per heavy atom. The molecule has 1 heterocycles. The number of nitrogens with one attached hydrogen (secondary N) is 1. The van der Waals surface area contributed by atoms with E-state index in [4.69, 9.17) is 4.98 Å². The van der Waals surface area contributed by atoms with Crippen LogP contribution in [0.1, 0.15) is 32.2 Å². The predicted octanol–water partition coefficient (Wildman–Crippen LogP) is 3.38. The fourth-order valence-corrected chi connectivity index (χ4v) is 2.93. The first kappa shape index (κ1) is 17.6. The largest absolute Gasteiger partial charge is 0.391 e. The number of para-hydroxylation sites is 2. The summed E-state index contributed by atoms with van der Waals surface area (Å²) in [4.78, 5) is 4.77. The second kappa shape index (κ2) is 7.38. The molecule has 1 aromatic heterocycles. The second-order valence-electron chi connectivity index (χ2n) is 7.58. The predicted molar refractivity (Wildman–Crippen MR) is 103 cm³/mol. The number of benzene rings is 2. The molecule has 25 heavy (non-hydrogen) atoms. The van der Waals surface area contributed by atoms with Crippen molar-refractivity contribution in [1.29, 1.82) is 0 Å². The molecule has 2 N–H and O–H groups in total. The average molecular weight is 337 g/mol. The Balaban J connectivity index is 1.85. The number of aliphatic hydroxyl groups is 1. The molecular weight excluding hydrogens is 310 g/mol. The van der Waals surface area contributed by atoms with Gasteiger partial charge in [-0.1, -0.05) is 42.5 Å². The quantitative estimate of drug-likeness (QED) is 0.725. The molecule has 2 aromatic carbocycles. The van der Waals surface area contributed by atoms with Gasteiger partial charge in [0.15, 0.2) is 0 Å². The number of β-amino-alcohol motifs (C(OH)–C–C–N with tert-alkyl or cyclic N) is 1. The zero-order valence-electron chi connectivity index (χ0n) is 15.2. The highest BCUT2D eigenvalue weighted by Gasteiger charge is 2.17. The monoisotopic (exact) mass is 337 g/mol. The number of aliphatic hydroxyl groups excluding tert-OH is 1. The van der Waals surface area contributed by atoms with Crippen LogP contribution in [0.5, 0.6) is 0 Å². The molecule has 0 spiro atoms. The van der Waals surface area contributed by atoms with E-state index >= 15 is 0 Å². The highest BCUT2D eigenvalue weighted by Crippen LogP contribution is 2.19. The van der Waals surface area contributed by atoms with Gasteiger partial charge in [0, 0.05) is 25.0 Å². The van der Waals surface area contributed by atoms with E-state index in [0.717, 1.165) is 23.4 Å². The van der Waals surface area contributed by atoms with E-state index in [2.05, 4.69) is 61.0 Å². The molecule has 1 atom stereocenters. The molecule has 0 aliphatic carbocycles. The van der Waals surface area contributed by atoms with Crippen LogP contribution < -0.4 is 5.32 Å². The van der Waals surface area contributed by atoms with E-state index in [-0.39, 0.29) is 5.54 Å². The number of fused-ring (bicyclic) bond motifs is 1. The van der Waals surface area contributed by atoms with Crippen molar-refractivity contribution in [3.05, 3.63) is 66.0 Å². The summed E-state index contributed by atoms with van der Waals surface area (Å²) in [5, 5.41) is 13.8. The third-order valence-corrected chi connectivity index (χ3v) is 4.20. The van der Waals surface area contributed by atoms with E-state index in [1.54, 1.807) is 0 Å². The van der Waals surface area contributed by atoms with Crippen molar-refractivity contribution in [2.24, 2.45) is 0 Å². The lowest BCUT2D eigenvalue weighted by Gasteiger charge is -2.23. The molecule has 0 aliphatic rings. The smallest absolute Gasteiger partial charge is 0.112 e. The molecular formula is C21H27N3O. The fourth-order valence-electron chi connectivity index (χ4n) is 2.93. The Bertz CT molecular complexity index is 818. The number of hydrogen-bond donors (Lipinski definition) is 2. The molecule has 3 aromatic rings. The molecule has 0 amide bonds. The van der Waals surface area contributed by atoms with Gasteiger partial charge in [-0.15, -0.1) is 0 Å². The van der Waals surface area contributed by atoms with Gasteiger partial charge in [-0.2, -0.15) is 0 Å². The van der Waals surface area contributed by atoms with Gasteiger partial charge in [0.25, 0.3) is 0 Å². The van der Waals surface area contributed by atoms with Gasteiger partial charge >= 0.3 is 0 Å². The summed E-state index contributed by atoms with van der Waals surface area (Å²) in [6, 6.07) is 18.5. The lowest BCUT2D eigenvalue weighted by Crippen LogP contribution is -2.41. The Labute approximate surface area is 149 Å². The second-order valence-corrected chi connectivity index (χ2v) is 7.58. The van der Waals surface area contributed by atoms with Crippen LogP contribution >= 0.6 is 0 Å². The summed E-state index contributed by atoms with van der Waals surface area (Å²) in [5.41, 5.74) is 3.31. The molecule has 4 heteroatoms. The molecule has 0 saturated carbocycles. The Hall–Kier alpha value is -2.17. The van der Waals surface area contributed by atoms with Crippen LogP contribution in [0.15, 0.2) is 54.6 Å². The van der Waals surface area contributed by atoms with Crippen LogP contribution in [-0.2, 0) is 13.0 Å². The summed E-state index contributed by atoms with van der Waals surface area (Å²) < 4.78 is 2.21. The van der Waals surface area contributed by atoms with Crippen LogP contribution in [0.25, 0.3) is 11.0 Å². The average Bonchev–Trinajstić information content (AvgIpc) is 2.91. The maximum atomic E-state index is 10.5. The fraction of sp³-hybridized carbons (Fsp3) is 0.381. The van der Waals surface area contributed by atoms with E-state index in [1.165, 1.54) is 5.56 Å². The Morgan fingerprint density at radius 1 is 1.04 bits per heavy atom. The molecule has 4 nitrogen and oxygen atoms in total. The molecule has 0 aliphatic heterocycles. The van der Waals surface area contributed by atoms with E-state index in [0.29, 0.717) is 13.0 Å². The van der Waals surface area contributed by atoms with Crippen LogP contribution in [0.2, 0.25) is 0 Å². The summed E-state index contributed by atoms with van der Waals surface area (Å²) in [6.07, 6.45) is 0.0653. The first-order valence-corrected chi connectivity index (χ1v) is 8.83. The summed E-state index contributed by atoms with van der Waals surface area (Å²) in [6.45, 7) is 7.62. The normalized spacial score (nSPS) is 13.3. The van der Waals surface area contributed by atoms with Gasteiger partial charge in [0.2, 0.25) is 0 Å². The zero-order chi connectivity index (χ0) is 17.9. The highest BCUT2D eigenvalue weighted by molar-refractivity contribution is 5.76. The van der Waals surface area contributed by atoms with Gasteiger partial charge in [0.05, 0.1) is 17.1 Å². The van der Waals surface area contributed by atoms with Crippen molar-refractivity contribution >= 4 is 11.0 Å². The Kier molecular flexibility index (Phi) is 5.21. The third kappa shape index (κ3) is 4.68. The topological polar surface area (TPSA) is 50.1 Å². The van der Waals surface area contributed by atoms with Crippen molar-refractivity contribution < 1.29 is 5.11 Å². The molecule has 0 fully saturated rings. The van der Waals surface area contributed by atoms with Crippen LogP contribution in [0, 0.1) is 0 Å². The molecule has 1 unspecified atom stereocenters. The van der Waals surface area contributed by atoms with Gasteiger partial charge in [-0.05, 0) is 38.5 Å². The number of nitrogens with zero attached hydrogens (tertiary/aromatic N) is 2. The number of imidazole rings is 1. The number of aromatic nitrogens is 2. The SMILES string of the molecule is CC(C)(C)NCC(O)Cc1nc2ccccc2n1Cc1ccccc1.